The zero-order valence-electron chi connectivity index (χ0n) is 14.6. The van der Waals surface area contributed by atoms with Gasteiger partial charge in [-0.3, -0.25) is 4.79 Å². The van der Waals surface area contributed by atoms with Crippen molar-refractivity contribution in [2.45, 2.75) is 30.6 Å². The van der Waals surface area contributed by atoms with Gasteiger partial charge in [-0.2, -0.15) is 4.31 Å². The van der Waals surface area contributed by atoms with E-state index < -0.39 is 21.9 Å². The highest BCUT2D eigenvalue weighted by Crippen LogP contribution is 2.25. The van der Waals surface area contributed by atoms with Gasteiger partial charge >= 0.3 is 5.97 Å². The van der Waals surface area contributed by atoms with Crippen LogP contribution in [-0.4, -0.2) is 42.8 Å². The van der Waals surface area contributed by atoms with E-state index in [0.29, 0.717) is 18.8 Å². The topological polar surface area (TPSA) is 104 Å². The average Bonchev–Trinajstić information content (AvgIpc) is 2.98. The molecule has 2 aromatic rings. The summed E-state index contributed by atoms with van der Waals surface area (Å²) >= 11 is 1.05. The first-order chi connectivity index (χ1) is 12.9. The Bertz CT molecular complexity index is 944. The molecular formula is C18H20N2O5S2. The summed E-state index contributed by atoms with van der Waals surface area (Å²) in [6.07, 6.45) is 3.74. The Labute approximate surface area is 161 Å². The number of anilines is 1. The first kappa shape index (κ1) is 19.5. The van der Waals surface area contributed by atoms with Crippen LogP contribution in [-0.2, 0) is 10.0 Å². The summed E-state index contributed by atoms with van der Waals surface area (Å²) in [5, 5.41) is 13.1. The maximum Gasteiger partial charge on any atom is 0.335 e. The molecule has 1 fully saturated rings. The van der Waals surface area contributed by atoms with Crippen molar-refractivity contribution in [2.24, 2.45) is 0 Å². The molecule has 1 amide bonds. The summed E-state index contributed by atoms with van der Waals surface area (Å²) in [4.78, 5) is 23.8. The molecule has 0 bridgehead atoms. The van der Waals surface area contributed by atoms with Gasteiger partial charge in [0.25, 0.3) is 5.91 Å². The predicted octanol–water partition coefficient (Wildman–Crippen LogP) is 3.26. The standard InChI is InChI=1S/C18H20N2O5S2/c21-17(19-14-7-5-6-13(10-14)18(22)23)16-11-15(12-26-16)27(24,25)20-8-3-1-2-4-9-20/h5-7,10-12H,1-4,8-9H2,(H,19,21)(H,22,23). The minimum atomic E-state index is -3.60. The molecular weight excluding hydrogens is 388 g/mol. The molecule has 1 aliphatic rings. The molecule has 1 saturated heterocycles. The third-order valence-corrected chi connectivity index (χ3v) is 7.32. The third kappa shape index (κ3) is 4.55. The minimum Gasteiger partial charge on any atom is -0.478 e. The number of carboxylic acid groups (broad SMARTS) is 1. The number of hydrogen-bond donors (Lipinski definition) is 2. The summed E-state index contributed by atoms with van der Waals surface area (Å²) in [6.45, 7) is 1.00. The lowest BCUT2D eigenvalue weighted by atomic mass is 10.2. The number of benzene rings is 1. The van der Waals surface area contributed by atoms with E-state index in [1.165, 1.54) is 34.0 Å². The van der Waals surface area contributed by atoms with Gasteiger partial charge in [0.15, 0.2) is 0 Å². The van der Waals surface area contributed by atoms with Gasteiger partial charge < -0.3 is 10.4 Å². The molecule has 1 aliphatic heterocycles. The number of amides is 1. The molecule has 0 saturated carbocycles. The maximum absolute atomic E-state index is 12.8. The Kier molecular flexibility index (Phi) is 5.93. The van der Waals surface area contributed by atoms with E-state index in [1.807, 2.05) is 0 Å². The highest BCUT2D eigenvalue weighted by molar-refractivity contribution is 7.89. The zero-order valence-corrected chi connectivity index (χ0v) is 16.2. The minimum absolute atomic E-state index is 0.0587. The molecule has 27 heavy (non-hydrogen) atoms. The van der Waals surface area contributed by atoms with Crippen LogP contribution >= 0.6 is 11.3 Å². The molecule has 2 heterocycles. The van der Waals surface area contributed by atoms with E-state index in [1.54, 1.807) is 6.07 Å². The van der Waals surface area contributed by atoms with Crippen LogP contribution < -0.4 is 5.32 Å². The fourth-order valence-corrected chi connectivity index (χ4v) is 5.60. The molecule has 0 spiro atoms. The van der Waals surface area contributed by atoms with Crippen molar-refractivity contribution in [3.05, 3.63) is 46.2 Å². The normalized spacial score (nSPS) is 15.9. The van der Waals surface area contributed by atoms with E-state index in [0.717, 1.165) is 37.0 Å². The molecule has 1 aromatic heterocycles. The van der Waals surface area contributed by atoms with Crippen LogP contribution in [0.25, 0.3) is 0 Å². The fraction of sp³-hybridized carbons (Fsp3) is 0.333. The fourth-order valence-electron chi connectivity index (χ4n) is 2.93. The largest absolute Gasteiger partial charge is 0.478 e. The molecule has 3 rings (SSSR count). The molecule has 1 aromatic carbocycles. The lowest BCUT2D eigenvalue weighted by molar-refractivity contribution is 0.0696. The van der Waals surface area contributed by atoms with Crippen LogP contribution in [0.15, 0.2) is 40.6 Å². The first-order valence-corrected chi connectivity index (χ1v) is 10.9. The first-order valence-electron chi connectivity index (χ1n) is 8.61. The molecule has 0 radical (unpaired) electrons. The van der Waals surface area contributed by atoms with Gasteiger partial charge in [-0.15, -0.1) is 11.3 Å². The molecule has 9 heteroatoms. The summed E-state index contributed by atoms with van der Waals surface area (Å²) in [5.41, 5.74) is 0.397. The van der Waals surface area contributed by atoms with Crippen molar-refractivity contribution in [3.8, 4) is 0 Å². The van der Waals surface area contributed by atoms with Crippen molar-refractivity contribution < 1.29 is 23.1 Å². The van der Waals surface area contributed by atoms with E-state index in [9.17, 15) is 18.0 Å². The van der Waals surface area contributed by atoms with Gasteiger partial charge in [0.1, 0.15) is 0 Å². The van der Waals surface area contributed by atoms with Crippen LogP contribution in [0.5, 0.6) is 0 Å². The highest BCUT2D eigenvalue weighted by atomic mass is 32.2. The molecule has 144 valence electrons. The summed E-state index contributed by atoms with van der Waals surface area (Å²) in [6, 6.07) is 7.26. The van der Waals surface area contributed by atoms with Crippen LogP contribution in [0.2, 0.25) is 0 Å². The number of carbonyl (C=O) groups is 2. The van der Waals surface area contributed by atoms with Gasteiger partial charge in [-0.25, -0.2) is 13.2 Å². The lowest BCUT2D eigenvalue weighted by Crippen LogP contribution is -2.31. The van der Waals surface area contributed by atoms with E-state index in [-0.39, 0.29) is 15.3 Å². The number of rotatable bonds is 5. The second-order valence-corrected chi connectivity index (χ2v) is 9.15. The Morgan fingerprint density at radius 2 is 1.78 bits per heavy atom. The zero-order chi connectivity index (χ0) is 19.4. The number of carbonyl (C=O) groups excluding carboxylic acids is 1. The average molecular weight is 409 g/mol. The second kappa shape index (κ2) is 8.20. The van der Waals surface area contributed by atoms with Gasteiger partial charge in [0.2, 0.25) is 10.0 Å². The number of sulfonamides is 1. The maximum atomic E-state index is 12.8. The summed E-state index contributed by atoms with van der Waals surface area (Å²) in [7, 11) is -3.60. The second-order valence-electron chi connectivity index (χ2n) is 6.31. The molecule has 7 nitrogen and oxygen atoms in total. The van der Waals surface area contributed by atoms with Crippen molar-refractivity contribution in [2.75, 3.05) is 18.4 Å². The number of aromatic carboxylic acids is 1. The Balaban J connectivity index is 1.75. The number of nitrogens with one attached hydrogen (secondary N) is 1. The van der Waals surface area contributed by atoms with E-state index in [2.05, 4.69) is 5.32 Å². The van der Waals surface area contributed by atoms with Crippen LogP contribution in [0, 0.1) is 0 Å². The van der Waals surface area contributed by atoms with Crippen molar-refractivity contribution in [1.82, 2.24) is 4.31 Å². The van der Waals surface area contributed by atoms with E-state index in [4.69, 9.17) is 5.11 Å². The quantitative estimate of drug-likeness (QED) is 0.790. The number of carboxylic acids is 1. The van der Waals surface area contributed by atoms with Crippen molar-refractivity contribution in [1.29, 1.82) is 0 Å². The van der Waals surface area contributed by atoms with Gasteiger partial charge in [-0.05, 0) is 37.1 Å². The Morgan fingerprint density at radius 1 is 1.07 bits per heavy atom. The van der Waals surface area contributed by atoms with Crippen LogP contribution in [0.4, 0.5) is 5.69 Å². The van der Waals surface area contributed by atoms with Crippen LogP contribution in [0.3, 0.4) is 0 Å². The monoisotopic (exact) mass is 408 g/mol. The number of nitrogens with zero attached hydrogens (tertiary/aromatic N) is 1. The number of thiophene rings is 1. The highest BCUT2D eigenvalue weighted by Gasteiger charge is 2.27. The smallest absolute Gasteiger partial charge is 0.335 e. The summed E-state index contributed by atoms with van der Waals surface area (Å²) < 4.78 is 27.1. The van der Waals surface area contributed by atoms with Gasteiger partial charge in [0, 0.05) is 24.2 Å². The SMILES string of the molecule is O=C(O)c1cccc(NC(=O)c2cc(S(=O)(=O)N3CCCCCC3)cs2)c1. The van der Waals surface area contributed by atoms with Gasteiger partial charge in [-0.1, -0.05) is 18.9 Å². The molecule has 0 aliphatic carbocycles. The van der Waals surface area contributed by atoms with E-state index >= 15 is 0 Å². The Morgan fingerprint density at radius 3 is 2.44 bits per heavy atom. The number of hydrogen-bond acceptors (Lipinski definition) is 5. The van der Waals surface area contributed by atoms with Gasteiger partial charge in [0.05, 0.1) is 15.3 Å². The predicted molar refractivity (Wildman–Crippen MR) is 103 cm³/mol. The van der Waals surface area contributed by atoms with Crippen molar-refractivity contribution in [3.63, 3.8) is 0 Å². The lowest BCUT2D eigenvalue weighted by Gasteiger charge is -2.18. The molecule has 0 unspecified atom stereocenters. The summed E-state index contributed by atoms with van der Waals surface area (Å²) in [5.74, 6) is -1.56. The van der Waals surface area contributed by atoms with Crippen molar-refractivity contribution >= 4 is 38.9 Å². The Hall–Kier alpha value is -2.23. The third-order valence-electron chi connectivity index (χ3n) is 4.37. The van der Waals surface area contributed by atoms with Crippen LogP contribution in [0.1, 0.15) is 45.7 Å². The molecule has 2 N–H and O–H groups in total. The molecule has 0 atom stereocenters.